The van der Waals surface area contributed by atoms with Gasteiger partial charge in [-0.1, -0.05) is 25.3 Å². The van der Waals surface area contributed by atoms with Crippen molar-refractivity contribution < 1.29 is 33.6 Å². The second-order valence-electron chi connectivity index (χ2n) is 9.58. The lowest BCUT2D eigenvalue weighted by molar-refractivity contribution is -0.153. The van der Waals surface area contributed by atoms with Crippen molar-refractivity contribution in [1.29, 1.82) is 0 Å². The van der Waals surface area contributed by atoms with E-state index in [1.807, 2.05) is 12.1 Å². The molecule has 1 aromatic carbocycles. The fourth-order valence-electron chi connectivity index (χ4n) is 5.46. The minimum absolute atomic E-state index is 0.106. The Morgan fingerprint density at radius 3 is 2.44 bits per heavy atom. The quantitative estimate of drug-likeness (QED) is 0.305. The van der Waals surface area contributed by atoms with Crippen LogP contribution in [0, 0.1) is 5.92 Å². The molecule has 1 saturated carbocycles. The van der Waals surface area contributed by atoms with Crippen molar-refractivity contribution in [3.63, 3.8) is 0 Å². The van der Waals surface area contributed by atoms with Gasteiger partial charge in [-0.3, -0.25) is 4.79 Å². The molecule has 36 heavy (non-hydrogen) atoms. The van der Waals surface area contributed by atoms with Gasteiger partial charge >= 0.3 is 5.97 Å². The number of carboxylic acid groups (broad SMARTS) is 1. The zero-order valence-electron chi connectivity index (χ0n) is 21.7. The Morgan fingerprint density at radius 1 is 1.06 bits per heavy atom. The van der Waals surface area contributed by atoms with Gasteiger partial charge in [-0.2, -0.15) is 0 Å². The highest BCUT2D eigenvalue weighted by atomic mass is 16.5. The molecule has 0 bridgehead atoms. The number of carbonyl (C=O) groups excluding carboxylic acids is 1. The number of hydrogen-bond donors (Lipinski definition) is 1. The van der Waals surface area contributed by atoms with Gasteiger partial charge in [-0.15, -0.1) is 6.58 Å². The molecule has 8 heteroatoms. The fourth-order valence-corrected chi connectivity index (χ4v) is 5.46. The van der Waals surface area contributed by atoms with E-state index in [4.69, 9.17) is 18.9 Å². The Labute approximate surface area is 214 Å². The van der Waals surface area contributed by atoms with Crippen LogP contribution in [0.15, 0.2) is 24.8 Å². The van der Waals surface area contributed by atoms with Gasteiger partial charge in [0.15, 0.2) is 11.5 Å². The number of rotatable bonds is 13. The van der Waals surface area contributed by atoms with Crippen LogP contribution in [0.2, 0.25) is 0 Å². The molecular formula is C28H41NO7. The van der Waals surface area contributed by atoms with Gasteiger partial charge < -0.3 is 29.0 Å². The first-order valence-corrected chi connectivity index (χ1v) is 13.1. The van der Waals surface area contributed by atoms with E-state index in [1.54, 1.807) is 25.2 Å². The van der Waals surface area contributed by atoms with E-state index >= 15 is 0 Å². The van der Waals surface area contributed by atoms with Gasteiger partial charge in [0.2, 0.25) is 11.7 Å². The summed E-state index contributed by atoms with van der Waals surface area (Å²) >= 11 is 0. The van der Waals surface area contributed by atoms with E-state index in [0.717, 1.165) is 50.5 Å². The van der Waals surface area contributed by atoms with Gasteiger partial charge in [0.25, 0.3) is 0 Å². The van der Waals surface area contributed by atoms with E-state index in [-0.39, 0.29) is 11.8 Å². The molecule has 1 saturated heterocycles. The summed E-state index contributed by atoms with van der Waals surface area (Å²) in [5.74, 6) is 0.131. The zero-order chi connectivity index (χ0) is 25.9. The Kier molecular flexibility index (Phi) is 10.9. The summed E-state index contributed by atoms with van der Waals surface area (Å²) in [4.78, 5) is 27.6. The molecule has 2 aliphatic rings. The maximum absolute atomic E-state index is 14.1. The second-order valence-corrected chi connectivity index (χ2v) is 9.58. The number of likely N-dealkylation sites (tertiary alicyclic amines) is 1. The summed E-state index contributed by atoms with van der Waals surface area (Å²) in [5.41, 5.74) is 0.789. The molecule has 3 rings (SSSR count). The number of carboxylic acids is 1. The molecule has 1 amide bonds. The van der Waals surface area contributed by atoms with Crippen LogP contribution in [-0.2, 0) is 14.3 Å². The van der Waals surface area contributed by atoms with Gasteiger partial charge in [-0.25, -0.2) is 4.79 Å². The Balaban J connectivity index is 1.94. The van der Waals surface area contributed by atoms with Crippen molar-refractivity contribution in [3.8, 4) is 17.2 Å². The van der Waals surface area contributed by atoms with Crippen molar-refractivity contribution in [2.45, 2.75) is 69.7 Å². The van der Waals surface area contributed by atoms with Crippen molar-refractivity contribution >= 4 is 11.9 Å². The van der Waals surface area contributed by atoms with Gasteiger partial charge in [0, 0.05) is 13.0 Å². The normalized spacial score (nSPS) is 19.4. The Bertz CT molecular complexity index is 881. The standard InChI is InChI=1S/C28H41NO7/c1-4-15-35-16-10-17-36-24-19-21(18-23(33-2)26(24)34-3)25(20-11-6-5-7-12-20)27(30)29-14-9-8-13-22(29)28(31)32/h4,18-20,22,25H,1,5-17H2,2-3H3,(H,31,32)/t22-,25-/m0/s1. The van der Waals surface area contributed by atoms with Crippen LogP contribution in [0.3, 0.4) is 0 Å². The molecule has 0 aromatic heterocycles. The average Bonchev–Trinajstić information content (AvgIpc) is 2.91. The van der Waals surface area contributed by atoms with Crippen LogP contribution < -0.4 is 14.2 Å². The molecule has 8 nitrogen and oxygen atoms in total. The number of methoxy groups -OCH3 is 2. The number of piperidine rings is 1. The van der Waals surface area contributed by atoms with E-state index in [0.29, 0.717) is 56.5 Å². The predicted molar refractivity (Wildman–Crippen MR) is 137 cm³/mol. The summed E-state index contributed by atoms with van der Waals surface area (Å²) in [6.45, 7) is 5.56. The third-order valence-corrected chi connectivity index (χ3v) is 7.21. The first-order chi connectivity index (χ1) is 17.5. The maximum atomic E-state index is 14.1. The smallest absolute Gasteiger partial charge is 0.326 e. The Morgan fingerprint density at radius 2 is 1.78 bits per heavy atom. The fraction of sp³-hybridized carbons (Fsp3) is 0.643. The van der Waals surface area contributed by atoms with Gasteiger partial charge in [0.05, 0.1) is 40.0 Å². The SMILES string of the molecule is C=CCOCCCOc1cc([C@@H](C(=O)N2CCCC[C@H]2C(=O)O)C2CCCCC2)cc(OC)c1OC. The van der Waals surface area contributed by atoms with Crippen LogP contribution in [0.5, 0.6) is 17.2 Å². The number of carbonyl (C=O) groups is 2. The number of nitrogens with zero attached hydrogens (tertiary/aromatic N) is 1. The number of hydrogen-bond acceptors (Lipinski definition) is 6. The minimum atomic E-state index is -0.930. The molecule has 0 radical (unpaired) electrons. The third kappa shape index (κ3) is 6.93. The molecule has 1 heterocycles. The number of benzene rings is 1. The largest absolute Gasteiger partial charge is 0.493 e. The summed E-state index contributed by atoms with van der Waals surface area (Å²) in [5, 5.41) is 9.82. The van der Waals surface area contributed by atoms with Gasteiger partial charge in [0.1, 0.15) is 6.04 Å². The number of aliphatic carboxylic acids is 1. The van der Waals surface area contributed by atoms with E-state index in [2.05, 4.69) is 6.58 Å². The lowest BCUT2D eigenvalue weighted by Gasteiger charge is -2.39. The van der Waals surface area contributed by atoms with Crippen molar-refractivity contribution in [1.82, 2.24) is 4.90 Å². The molecule has 1 aliphatic carbocycles. The van der Waals surface area contributed by atoms with Crippen LogP contribution in [-0.4, -0.2) is 68.5 Å². The second kappa shape index (κ2) is 14.1. The maximum Gasteiger partial charge on any atom is 0.326 e. The van der Waals surface area contributed by atoms with E-state index < -0.39 is 17.9 Å². The molecule has 1 aromatic rings. The highest BCUT2D eigenvalue weighted by Crippen LogP contribution is 2.45. The van der Waals surface area contributed by atoms with Crippen LogP contribution >= 0.6 is 0 Å². The monoisotopic (exact) mass is 503 g/mol. The molecule has 0 unspecified atom stereocenters. The molecule has 2 fully saturated rings. The molecule has 2 atom stereocenters. The van der Waals surface area contributed by atoms with Crippen molar-refractivity contribution in [3.05, 3.63) is 30.4 Å². The first kappa shape index (κ1) is 27.8. The van der Waals surface area contributed by atoms with E-state index in [1.165, 1.54) is 0 Å². The number of ether oxygens (including phenoxy) is 4. The lowest BCUT2D eigenvalue weighted by atomic mass is 9.75. The summed E-state index contributed by atoms with van der Waals surface area (Å²) in [7, 11) is 3.13. The lowest BCUT2D eigenvalue weighted by Crippen LogP contribution is -2.50. The Hall–Kier alpha value is -2.74. The molecule has 0 spiro atoms. The molecule has 1 N–H and O–H groups in total. The minimum Gasteiger partial charge on any atom is -0.493 e. The van der Waals surface area contributed by atoms with Crippen LogP contribution in [0.25, 0.3) is 0 Å². The topological polar surface area (TPSA) is 94.5 Å². The first-order valence-electron chi connectivity index (χ1n) is 13.1. The number of amides is 1. The average molecular weight is 504 g/mol. The summed E-state index contributed by atoms with van der Waals surface area (Å²) in [6.07, 6.45) is 9.69. The molecule has 200 valence electrons. The van der Waals surface area contributed by atoms with Crippen LogP contribution in [0.1, 0.15) is 69.3 Å². The van der Waals surface area contributed by atoms with Crippen LogP contribution in [0.4, 0.5) is 0 Å². The summed E-state index contributed by atoms with van der Waals surface area (Å²) in [6, 6.07) is 2.96. The third-order valence-electron chi connectivity index (χ3n) is 7.21. The van der Waals surface area contributed by atoms with Gasteiger partial charge in [-0.05, 0) is 55.7 Å². The van der Waals surface area contributed by atoms with Crippen molar-refractivity contribution in [2.75, 3.05) is 40.6 Å². The van der Waals surface area contributed by atoms with Crippen molar-refractivity contribution in [2.24, 2.45) is 5.92 Å². The summed E-state index contributed by atoms with van der Waals surface area (Å²) < 4.78 is 22.8. The highest BCUT2D eigenvalue weighted by Gasteiger charge is 2.40. The van der Waals surface area contributed by atoms with E-state index in [9.17, 15) is 14.7 Å². The predicted octanol–water partition coefficient (Wildman–Crippen LogP) is 4.80. The highest BCUT2D eigenvalue weighted by molar-refractivity contribution is 5.89. The zero-order valence-corrected chi connectivity index (χ0v) is 21.7. The molecular weight excluding hydrogens is 462 g/mol. The molecule has 1 aliphatic heterocycles.